The molecule has 1 fully saturated rings. The Morgan fingerprint density at radius 1 is 1.00 bits per heavy atom. The lowest BCUT2D eigenvalue weighted by Crippen LogP contribution is -2.41. The summed E-state index contributed by atoms with van der Waals surface area (Å²) in [7, 11) is 0. The van der Waals surface area contributed by atoms with Gasteiger partial charge in [-0.3, -0.25) is 4.90 Å². The minimum absolute atomic E-state index is 0.476. The molecular weight excluding hydrogens is 210 g/mol. The van der Waals surface area contributed by atoms with Crippen molar-refractivity contribution >= 4 is 0 Å². The lowest BCUT2D eigenvalue weighted by atomic mass is 9.86. The largest absolute Gasteiger partial charge is 0.379 e. The Morgan fingerprint density at radius 3 is 2.29 bits per heavy atom. The van der Waals surface area contributed by atoms with Crippen molar-refractivity contribution in [3.05, 3.63) is 0 Å². The van der Waals surface area contributed by atoms with Gasteiger partial charge in [0.1, 0.15) is 0 Å². The highest BCUT2D eigenvalue weighted by Crippen LogP contribution is 2.25. The van der Waals surface area contributed by atoms with Crippen LogP contribution in [0.1, 0.15) is 59.3 Å². The number of hydrogen-bond donors (Lipinski definition) is 0. The lowest BCUT2D eigenvalue weighted by Gasteiger charge is -2.35. The quantitative estimate of drug-likeness (QED) is 0.601. The molecule has 0 aromatic rings. The molecule has 0 unspecified atom stereocenters. The van der Waals surface area contributed by atoms with Gasteiger partial charge < -0.3 is 4.74 Å². The van der Waals surface area contributed by atoms with Crippen molar-refractivity contribution < 1.29 is 4.74 Å². The van der Waals surface area contributed by atoms with Gasteiger partial charge in [0, 0.05) is 19.6 Å². The van der Waals surface area contributed by atoms with Crippen molar-refractivity contribution in [2.24, 2.45) is 5.41 Å². The third-order valence-electron chi connectivity index (χ3n) is 3.71. The topological polar surface area (TPSA) is 12.5 Å². The van der Waals surface area contributed by atoms with E-state index < -0.39 is 0 Å². The van der Waals surface area contributed by atoms with Gasteiger partial charge in [-0.25, -0.2) is 0 Å². The molecular formula is C15H31NO. The van der Waals surface area contributed by atoms with Gasteiger partial charge in [0.25, 0.3) is 0 Å². The Morgan fingerprint density at radius 2 is 1.65 bits per heavy atom. The fourth-order valence-corrected chi connectivity index (χ4v) is 2.65. The lowest BCUT2D eigenvalue weighted by molar-refractivity contribution is 0.0196. The van der Waals surface area contributed by atoms with Crippen LogP contribution < -0.4 is 0 Å². The zero-order chi connectivity index (χ0) is 12.6. The van der Waals surface area contributed by atoms with Crippen molar-refractivity contribution in [1.82, 2.24) is 4.90 Å². The van der Waals surface area contributed by atoms with Crippen LogP contribution in [0.5, 0.6) is 0 Å². The molecule has 17 heavy (non-hydrogen) atoms. The first-order chi connectivity index (χ1) is 8.14. The van der Waals surface area contributed by atoms with Crippen LogP contribution in [-0.4, -0.2) is 37.7 Å². The van der Waals surface area contributed by atoms with E-state index in [1.807, 2.05) is 0 Å². The maximum absolute atomic E-state index is 5.40. The van der Waals surface area contributed by atoms with Gasteiger partial charge in [-0.05, 0) is 11.8 Å². The Bertz CT molecular complexity index is 185. The molecule has 1 aliphatic heterocycles. The Balaban J connectivity index is 2.11. The molecule has 0 aromatic carbocycles. The van der Waals surface area contributed by atoms with Crippen molar-refractivity contribution in [3.63, 3.8) is 0 Å². The molecule has 0 atom stereocenters. The number of ether oxygens (including phenoxy) is 1. The molecule has 1 aliphatic rings. The summed E-state index contributed by atoms with van der Waals surface area (Å²) in [5, 5.41) is 0. The summed E-state index contributed by atoms with van der Waals surface area (Å²) >= 11 is 0. The van der Waals surface area contributed by atoms with Gasteiger partial charge in [-0.1, -0.05) is 52.9 Å². The minimum Gasteiger partial charge on any atom is -0.379 e. The third kappa shape index (κ3) is 7.05. The van der Waals surface area contributed by atoms with E-state index in [2.05, 4.69) is 25.7 Å². The Hall–Kier alpha value is -0.0800. The molecule has 1 rings (SSSR count). The van der Waals surface area contributed by atoms with Crippen molar-refractivity contribution in [3.8, 4) is 0 Å². The molecule has 2 nitrogen and oxygen atoms in total. The SMILES string of the molecule is CCCCCCCC(C)(C)CN1CCOCC1. The molecule has 0 saturated carbocycles. The van der Waals surface area contributed by atoms with E-state index in [1.54, 1.807) is 0 Å². The highest BCUT2D eigenvalue weighted by Gasteiger charge is 2.22. The second-order valence-electron chi connectivity index (χ2n) is 6.22. The average molecular weight is 241 g/mol. The zero-order valence-electron chi connectivity index (χ0n) is 12.1. The van der Waals surface area contributed by atoms with Crippen molar-refractivity contribution in [1.29, 1.82) is 0 Å². The van der Waals surface area contributed by atoms with Crippen LogP contribution in [0.4, 0.5) is 0 Å². The maximum Gasteiger partial charge on any atom is 0.0594 e. The van der Waals surface area contributed by atoms with Gasteiger partial charge in [0.05, 0.1) is 13.2 Å². The number of morpholine rings is 1. The summed E-state index contributed by atoms with van der Waals surface area (Å²) in [5.74, 6) is 0. The van der Waals surface area contributed by atoms with Crippen LogP contribution in [-0.2, 0) is 4.74 Å². The third-order valence-corrected chi connectivity index (χ3v) is 3.71. The van der Waals surface area contributed by atoms with Gasteiger partial charge in [0.15, 0.2) is 0 Å². The first kappa shape index (κ1) is 15.0. The second-order valence-corrected chi connectivity index (χ2v) is 6.22. The highest BCUT2D eigenvalue weighted by molar-refractivity contribution is 4.75. The van der Waals surface area contributed by atoms with Crippen LogP contribution in [0, 0.1) is 5.41 Å². The number of nitrogens with zero attached hydrogens (tertiary/aromatic N) is 1. The molecule has 102 valence electrons. The Kier molecular flexibility index (Phi) is 7.14. The van der Waals surface area contributed by atoms with Crippen LogP contribution in [0.15, 0.2) is 0 Å². The summed E-state index contributed by atoms with van der Waals surface area (Å²) in [4.78, 5) is 2.57. The molecule has 0 aromatic heterocycles. The molecule has 1 heterocycles. The Labute approximate surface area is 108 Å². The fraction of sp³-hybridized carbons (Fsp3) is 1.00. The van der Waals surface area contributed by atoms with Crippen molar-refractivity contribution in [2.45, 2.75) is 59.3 Å². The molecule has 0 bridgehead atoms. The van der Waals surface area contributed by atoms with E-state index in [-0.39, 0.29) is 0 Å². The summed E-state index contributed by atoms with van der Waals surface area (Å²) in [6.45, 7) is 12.5. The monoisotopic (exact) mass is 241 g/mol. The first-order valence-corrected chi connectivity index (χ1v) is 7.44. The fourth-order valence-electron chi connectivity index (χ4n) is 2.65. The van der Waals surface area contributed by atoms with E-state index in [1.165, 1.54) is 45.1 Å². The van der Waals surface area contributed by atoms with E-state index in [0.29, 0.717) is 5.41 Å². The number of unbranched alkanes of at least 4 members (excludes halogenated alkanes) is 4. The first-order valence-electron chi connectivity index (χ1n) is 7.44. The van der Waals surface area contributed by atoms with E-state index in [0.717, 1.165) is 26.3 Å². The molecule has 0 radical (unpaired) electrons. The van der Waals surface area contributed by atoms with Crippen molar-refractivity contribution in [2.75, 3.05) is 32.8 Å². The van der Waals surface area contributed by atoms with E-state index >= 15 is 0 Å². The molecule has 0 amide bonds. The average Bonchev–Trinajstić information content (AvgIpc) is 2.29. The molecule has 0 spiro atoms. The van der Waals surface area contributed by atoms with E-state index in [9.17, 15) is 0 Å². The summed E-state index contributed by atoms with van der Waals surface area (Å²) in [5.41, 5.74) is 0.476. The second kappa shape index (κ2) is 8.10. The van der Waals surface area contributed by atoms with Crippen LogP contribution >= 0.6 is 0 Å². The zero-order valence-corrected chi connectivity index (χ0v) is 12.1. The van der Waals surface area contributed by atoms with Gasteiger partial charge in [-0.2, -0.15) is 0 Å². The van der Waals surface area contributed by atoms with Gasteiger partial charge >= 0.3 is 0 Å². The van der Waals surface area contributed by atoms with Gasteiger partial charge in [0.2, 0.25) is 0 Å². The maximum atomic E-state index is 5.40. The predicted octanol–water partition coefficient (Wildman–Crippen LogP) is 3.71. The molecule has 1 saturated heterocycles. The van der Waals surface area contributed by atoms with Crippen LogP contribution in [0.3, 0.4) is 0 Å². The summed E-state index contributed by atoms with van der Waals surface area (Å²) < 4.78 is 5.40. The summed E-state index contributed by atoms with van der Waals surface area (Å²) in [6.07, 6.45) is 8.36. The highest BCUT2D eigenvalue weighted by atomic mass is 16.5. The van der Waals surface area contributed by atoms with Gasteiger partial charge in [-0.15, -0.1) is 0 Å². The van der Waals surface area contributed by atoms with Crippen LogP contribution in [0.2, 0.25) is 0 Å². The summed E-state index contributed by atoms with van der Waals surface area (Å²) in [6, 6.07) is 0. The normalized spacial score (nSPS) is 18.5. The smallest absolute Gasteiger partial charge is 0.0594 e. The number of rotatable bonds is 8. The van der Waals surface area contributed by atoms with Crippen LogP contribution in [0.25, 0.3) is 0 Å². The molecule has 0 N–H and O–H groups in total. The standard InChI is InChI=1S/C15H31NO/c1-4-5-6-7-8-9-15(2,3)14-16-10-12-17-13-11-16/h4-14H2,1-3H3. The predicted molar refractivity (Wildman–Crippen MR) is 74.4 cm³/mol. The number of hydrogen-bond acceptors (Lipinski definition) is 2. The molecule has 0 aliphatic carbocycles. The minimum atomic E-state index is 0.476. The molecule has 2 heteroatoms. The van der Waals surface area contributed by atoms with E-state index in [4.69, 9.17) is 4.74 Å².